The van der Waals surface area contributed by atoms with Gasteiger partial charge in [0.05, 0.1) is 34.7 Å². The summed E-state index contributed by atoms with van der Waals surface area (Å²) in [6.07, 6.45) is 3.33. The Labute approximate surface area is 217 Å². The molecule has 3 aromatic carbocycles. The number of nitrogens with zero attached hydrogens (tertiary/aromatic N) is 4. The number of aromatic nitrogens is 2. The summed E-state index contributed by atoms with van der Waals surface area (Å²) in [5.74, 6) is -0.284. The molecule has 1 amide bonds. The average molecular weight is 509 g/mol. The lowest BCUT2D eigenvalue weighted by Crippen LogP contribution is -2.32. The summed E-state index contributed by atoms with van der Waals surface area (Å²) < 4.78 is 24.4. The van der Waals surface area contributed by atoms with Crippen LogP contribution < -0.4 is 4.31 Å². The van der Waals surface area contributed by atoms with E-state index in [1.54, 1.807) is 53.7 Å². The molecule has 0 saturated carbocycles. The van der Waals surface area contributed by atoms with Gasteiger partial charge in [-0.15, -0.1) is 0 Å². The van der Waals surface area contributed by atoms with Gasteiger partial charge in [-0.25, -0.2) is 8.51 Å². The first-order chi connectivity index (χ1) is 18.1. The molecule has 0 aliphatic heterocycles. The van der Waals surface area contributed by atoms with Crippen LogP contribution in [0.2, 0.25) is 0 Å². The van der Waals surface area contributed by atoms with Gasteiger partial charge in [0, 0.05) is 24.3 Å². The number of fused-ring (bicyclic) bond motifs is 1. The SMILES string of the molecule is O=C(c1ccccc1N(c1cccc2cccnc12)S(=O)O)N(Cc1ccccc1)Cc1ccccn1. The van der Waals surface area contributed by atoms with E-state index in [2.05, 4.69) is 9.97 Å². The van der Waals surface area contributed by atoms with Crippen molar-refractivity contribution in [3.63, 3.8) is 0 Å². The fraction of sp³-hybridized carbons (Fsp3) is 0.0690. The lowest BCUT2D eigenvalue weighted by molar-refractivity contribution is 0.0728. The Hall–Kier alpha value is -4.40. The summed E-state index contributed by atoms with van der Waals surface area (Å²) in [4.78, 5) is 24.6. The van der Waals surface area contributed by atoms with E-state index >= 15 is 0 Å². The van der Waals surface area contributed by atoms with Crippen molar-refractivity contribution in [2.45, 2.75) is 13.1 Å². The van der Waals surface area contributed by atoms with Crippen LogP contribution in [0.15, 0.2) is 116 Å². The Morgan fingerprint density at radius 2 is 1.43 bits per heavy atom. The lowest BCUT2D eigenvalue weighted by atomic mass is 10.1. The van der Waals surface area contributed by atoms with Gasteiger partial charge < -0.3 is 4.90 Å². The summed E-state index contributed by atoms with van der Waals surface area (Å²) in [6, 6.07) is 31.2. The van der Waals surface area contributed by atoms with E-state index in [0.29, 0.717) is 29.0 Å². The first kappa shape index (κ1) is 24.3. The largest absolute Gasteiger partial charge is 0.328 e. The highest BCUT2D eigenvalue weighted by Gasteiger charge is 2.26. The van der Waals surface area contributed by atoms with Gasteiger partial charge in [-0.1, -0.05) is 66.7 Å². The zero-order valence-electron chi connectivity index (χ0n) is 19.8. The Balaban J connectivity index is 1.59. The third-order valence-electron chi connectivity index (χ3n) is 5.92. The third-order valence-corrected chi connectivity index (χ3v) is 6.63. The van der Waals surface area contributed by atoms with Crippen LogP contribution in [0.4, 0.5) is 11.4 Å². The monoisotopic (exact) mass is 508 g/mol. The molecule has 1 unspecified atom stereocenters. The highest BCUT2D eigenvalue weighted by Crippen LogP contribution is 2.35. The van der Waals surface area contributed by atoms with Crippen molar-refractivity contribution < 1.29 is 13.6 Å². The van der Waals surface area contributed by atoms with E-state index in [1.807, 2.05) is 66.7 Å². The third kappa shape index (κ3) is 5.40. The number of para-hydroxylation sites is 2. The molecule has 2 heterocycles. The Bertz CT molecular complexity index is 1500. The molecular weight excluding hydrogens is 484 g/mol. The van der Waals surface area contributed by atoms with E-state index in [9.17, 15) is 13.6 Å². The molecule has 5 rings (SSSR count). The molecule has 37 heavy (non-hydrogen) atoms. The van der Waals surface area contributed by atoms with Crippen molar-refractivity contribution in [3.05, 3.63) is 132 Å². The predicted molar refractivity (Wildman–Crippen MR) is 145 cm³/mol. The van der Waals surface area contributed by atoms with E-state index in [-0.39, 0.29) is 12.5 Å². The maximum absolute atomic E-state index is 14.1. The number of rotatable bonds is 8. The number of hydrogen-bond acceptors (Lipinski definition) is 4. The summed E-state index contributed by atoms with van der Waals surface area (Å²) in [5.41, 5.74) is 3.30. The second-order valence-corrected chi connectivity index (χ2v) is 9.19. The minimum absolute atomic E-state index is 0.279. The van der Waals surface area contributed by atoms with Crippen molar-refractivity contribution >= 4 is 39.5 Å². The second kappa shape index (κ2) is 11.1. The molecule has 0 aliphatic carbocycles. The molecule has 0 aliphatic rings. The maximum atomic E-state index is 14.1. The lowest BCUT2D eigenvalue weighted by Gasteiger charge is -2.27. The van der Waals surface area contributed by atoms with Crippen molar-refractivity contribution in [2.75, 3.05) is 4.31 Å². The van der Waals surface area contributed by atoms with Crippen LogP contribution in [0.25, 0.3) is 10.9 Å². The topological polar surface area (TPSA) is 86.6 Å². The zero-order chi connectivity index (χ0) is 25.6. The highest BCUT2D eigenvalue weighted by molar-refractivity contribution is 7.81. The van der Waals surface area contributed by atoms with Gasteiger partial charge in [0.15, 0.2) is 0 Å². The fourth-order valence-electron chi connectivity index (χ4n) is 4.24. The van der Waals surface area contributed by atoms with Crippen LogP contribution in [-0.4, -0.2) is 29.5 Å². The first-order valence-electron chi connectivity index (χ1n) is 11.7. The van der Waals surface area contributed by atoms with Crippen LogP contribution in [0, 0.1) is 0 Å². The van der Waals surface area contributed by atoms with Gasteiger partial charge >= 0.3 is 0 Å². The van der Waals surface area contributed by atoms with E-state index in [4.69, 9.17) is 0 Å². The highest BCUT2D eigenvalue weighted by atomic mass is 32.2. The summed E-state index contributed by atoms with van der Waals surface area (Å²) >= 11 is -2.47. The molecule has 0 spiro atoms. The molecule has 1 N–H and O–H groups in total. The standard InChI is InChI=1S/C29H24N4O3S/c34-29(32(20-22-10-2-1-3-11-22)21-24-14-6-7-18-30-24)25-15-4-5-16-26(25)33(37(35)36)27-17-8-12-23-13-9-19-31-28(23)27/h1-19H,20-21H2,(H,35,36). The molecule has 8 heteroatoms. The van der Waals surface area contributed by atoms with Crippen LogP contribution in [0.3, 0.4) is 0 Å². The Morgan fingerprint density at radius 3 is 2.22 bits per heavy atom. The molecule has 5 aromatic rings. The molecule has 0 fully saturated rings. The molecule has 0 saturated heterocycles. The number of anilines is 2. The van der Waals surface area contributed by atoms with Crippen molar-refractivity contribution in [3.8, 4) is 0 Å². The maximum Gasteiger partial charge on any atom is 0.266 e. The Kier molecular flexibility index (Phi) is 7.30. The van der Waals surface area contributed by atoms with Gasteiger partial charge in [0.1, 0.15) is 0 Å². The smallest absolute Gasteiger partial charge is 0.266 e. The molecular formula is C29H24N4O3S. The normalized spacial score (nSPS) is 11.7. The average Bonchev–Trinajstić information content (AvgIpc) is 2.94. The molecule has 184 valence electrons. The van der Waals surface area contributed by atoms with Crippen LogP contribution in [0.1, 0.15) is 21.6 Å². The van der Waals surface area contributed by atoms with Crippen molar-refractivity contribution in [1.29, 1.82) is 0 Å². The van der Waals surface area contributed by atoms with Gasteiger partial charge in [0.25, 0.3) is 17.2 Å². The van der Waals surface area contributed by atoms with Crippen LogP contribution in [0.5, 0.6) is 0 Å². The van der Waals surface area contributed by atoms with Crippen molar-refractivity contribution in [2.24, 2.45) is 0 Å². The molecule has 2 aromatic heterocycles. The Morgan fingerprint density at radius 1 is 0.730 bits per heavy atom. The van der Waals surface area contributed by atoms with E-state index in [1.165, 1.54) is 4.31 Å². The van der Waals surface area contributed by atoms with Crippen molar-refractivity contribution in [1.82, 2.24) is 14.9 Å². The van der Waals surface area contributed by atoms with Gasteiger partial charge in [-0.2, -0.15) is 0 Å². The van der Waals surface area contributed by atoms with E-state index < -0.39 is 11.3 Å². The predicted octanol–water partition coefficient (Wildman–Crippen LogP) is 5.75. The summed E-state index contributed by atoms with van der Waals surface area (Å²) in [7, 11) is 0. The molecule has 7 nitrogen and oxygen atoms in total. The van der Waals surface area contributed by atoms with Gasteiger partial charge in [-0.05, 0) is 42.0 Å². The molecule has 0 bridgehead atoms. The number of carbonyl (C=O) groups is 1. The second-order valence-electron chi connectivity index (χ2n) is 8.36. The summed E-state index contributed by atoms with van der Waals surface area (Å²) in [5, 5.41) is 0.820. The number of benzene rings is 3. The minimum atomic E-state index is -2.47. The first-order valence-corrected chi connectivity index (χ1v) is 12.7. The van der Waals surface area contributed by atoms with Crippen LogP contribution >= 0.6 is 0 Å². The minimum Gasteiger partial charge on any atom is -0.328 e. The number of hydrogen-bond donors (Lipinski definition) is 1. The summed E-state index contributed by atoms with van der Waals surface area (Å²) in [6.45, 7) is 0.629. The quantitative estimate of drug-likeness (QED) is 0.270. The van der Waals surface area contributed by atoms with E-state index in [0.717, 1.165) is 16.6 Å². The molecule has 1 atom stereocenters. The van der Waals surface area contributed by atoms with Crippen LogP contribution in [-0.2, 0) is 24.4 Å². The number of carbonyl (C=O) groups excluding carboxylic acids is 1. The number of amides is 1. The van der Waals surface area contributed by atoms with Gasteiger partial charge in [-0.3, -0.25) is 19.3 Å². The molecule has 0 radical (unpaired) electrons. The van der Waals surface area contributed by atoms with Gasteiger partial charge in [0.2, 0.25) is 0 Å². The fourth-order valence-corrected chi connectivity index (χ4v) is 4.89. The number of pyridine rings is 2. The zero-order valence-corrected chi connectivity index (χ0v) is 20.7.